The second-order valence-electron chi connectivity index (χ2n) is 6.83. The maximum absolute atomic E-state index is 12.7. The first kappa shape index (κ1) is 21.8. The number of nitro groups is 1. The number of rotatable bonds is 7. The fourth-order valence-corrected chi connectivity index (χ4v) is 3.34. The standard InChI is InChI=1S/C23H16F2N2O6/c1-31-21-11-16-15-4-2-3-5-19(15)32-20(16)12-17(21)26-22(28)9-6-13-10-14(27(29)30)7-8-18(13)33-23(24)25/h2-12,23H,1H3,(H,26,28)/b9-6+. The van der Waals surface area contributed by atoms with Crippen molar-refractivity contribution in [3.63, 3.8) is 0 Å². The first-order valence-corrected chi connectivity index (χ1v) is 9.57. The van der Waals surface area contributed by atoms with Crippen molar-refractivity contribution in [3.8, 4) is 11.5 Å². The molecule has 4 rings (SSSR count). The van der Waals surface area contributed by atoms with Gasteiger partial charge in [0.1, 0.15) is 22.7 Å². The number of nitro benzene ring substituents is 1. The zero-order valence-corrected chi connectivity index (χ0v) is 17.1. The highest BCUT2D eigenvalue weighted by atomic mass is 19.3. The number of methoxy groups -OCH3 is 1. The number of fused-ring (bicyclic) bond motifs is 3. The number of hydrogen-bond donors (Lipinski definition) is 1. The predicted molar refractivity (Wildman–Crippen MR) is 118 cm³/mol. The van der Waals surface area contributed by atoms with Gasteiger partial charge in [-0.1, -0.05) is 18.2 Å². The molecule has 0 aliphatic heterocycles. The molecule has 3 aromatic carbocycles. The van der Waals surface area contributed by atoms with Gasteiger partial charge in [-0.15, -0.1) is 0 Å². The highest BCUT2D eigenvalue weighted by Crippen LogP contribution is 2.36. The summed E-state index contributed by atoms with van der Waals surface area (Å²) in [4.78, 5) is 22.8. The van der Waals surface area contributed by atoms with E-state index in [1.807, 2.05) is 24.3 Å². The van der Waals surface area contributed by atoms with Gasteiger partial charge in [0, 0.05) is 40.6 Å². The van der Waals surface area contributed by atoms with Gasteiger partial charge >= 0.3 is 6.61 Å². The van der Waals surface area contributed by atoms with Crippen molar-refractivity contribution in [1.82, 2.24) is 0 Å². The molecule has 0 aliphatic rings. The van der Waals surface area contributed by atoms with E-state index in [4.69, 9.17) is 9.15 Å². The number of halogens is 2. The Hall–Kier alpha value is -4.47. The van der Waals surface area contributed by atoms with E-state index in [0.717, 1.165) is 41.1 Å². The number of para-hydroxylation sites is 1. The maximum atomic E-state index is 12.7. The van der Waals surface area contributed by atoms with E-state index in [-0.39, 0.29) is 17.0 Å². The van der Waals surface area contributed by atoms with Crippen LogP contribution in [0, 0.1) is 10.1 Å². The normalized spacial score (nSPS) is 11.4. The molecule has 1 heterocycles. The van der Waals surface area contributed by atoms with Crippen LogP contribution in [0.4, 0.5) is 20.2 Å². The molecule has 1 N–H and O–H groups in total. The Kier molecular flexibility index (Phi) is 5.90. The van der Waals surface area contributed by atoms with Gasteiger partial charge in [-0.25, -0.2) is 0 Å². The number of ether oxygens (including phenoxy) is 2. The van der Waals surface area contributed by atoms with E-state index in [9.17, 15) is 23.7 Å². The number of nitrogens with one attached hydrogen (secondary N) is 1. The summed E-state index contributed by atoms with van der Waals surface area (Å²) < 4.78 is 40.9. The Morgan fingerprint density at radius 3 is 2.61 bits per heavy atom. The molecule has 0 saturated heterocycles. The summed E-state index contributed by atoms with van der Waals surface area (Å²) in [6.45, 7) is -3.13. The summed E-state index contributed by atoms with van der Waals surface area (Å²) in [5, 5.41) is 15.3. The van der Waals surface area contributed by atoms with Crippen molar-refractivity contribution in [2.45, 2.75) is 6.61 Å². The summed E-state index contributed by atoms with van der Waals surface area (Å²) in [6, 6.07) is 13.9. The van der Waals surface area contributed by atoms with Crippen LogP contribution in [0.1, 0.15) is 5.56 Å². The fourth-order valence-electron chi connectivity index (χ4n) is 3.34. The molecular formula is C23H16F2N2O6. The average Bonchev–Trinajstić information content (AvgIpc) is 3.14. The lowest BCUT2D eigenvalue weighted by atomic mass is 10.1. The number of nitrogens with zero attached hydrogens (tertiary/aromatic N) is 1. The monoisotopic (exact) mass is 454 g/mol. The predicted octanol–water partition coefficient (Wildman–Crippen LogP) is 5.76. The van der Waals surface area contributed by atoms with Gasteiger partial charge in [0.05, 0.1) is 17.7 Å². The second kappa shape index (κ2) is 8.95. The van der Waals surface area contributed by atoms with Crippen LogP contribution in [0.5, 0.6) is 11.5 Å². The summed E-state index contributed by atoms with van der Waals surface area (Å²) in [6.07, 6.45) is 2.19. The quantitative estimate of drug-likeness (QED) is 0.216. The van der Waals surface area contributed by atoms with Crippen LogP contribution < -0.4 is 14.8 Å². The van der Waals surface area contributed by atoms with Gasteiger partial charge in [-0.2, -0.15) is 8.78 Å². The van der Waals surface area contributed by atoms with E-state index in [2.05, 4.69) is 10.1 Å². The SMILES string of the molecule is COc1cc2c(cc1NC(=O)/C=C/c1cc([N+](=O)[O-])ccc1OC(F)F)oc1ccccc12. The van der Waals surface area contributed by atoms with Crippen LogP contribution in [-0.4, -0.2) is 24.6 Å². The topological polar surface area (TPSA) is 104 Å². The third kappa shape index (κ3) is 4.59. The van der Waals surface area contributed by atoms with Crippen LogP contribution in [0.3, 0.4) is 0 Å². The Bertz CT molecular complexity index is 1400. The van der Waals surface area contributed by atoms with Crippen molar-refractivity contribution < 1.29 is 32.4 Å². The molecule has 0 aliphatic carbocycles. The highest BCUT2D eigenvalue weighted by Gasteiger charge is 2.15. The fraction of sp³-hybridized carbons (Fsp3) is 0.0870. The Labute approximate surface area is 185 Å². The molecule has 33 heavy (non-hydrogen) atoms. The maximum Gasteiger partial charge on any atom is 0.387 e. The number of benzene rings is 3. The van der Waals surface area contributed by atoms with E-state index in [1.165, 1.54) is 7.11 Å². The molecule has 0 saturated carbocycles. The minimum Gasteiger partial charge on any atom is -0.495 e. The van der Waals surface area contributed by atoms with Gasteiger partial charge in [0.2, 0.25) is 5.91 Å². The molecule has 0 spiro atoms. The van der Waals surface area contributed by atoms with Crippen LogP contribution in [0.15, 0.2) is 65.1 Å². The first-order chi connectivity index (χ1) is 15.9. The molecule has 0 unspecified atom stereocenters. The van der Waals surface area contributed by atoms with E-state index < -0.39 is 17.4 Å². The molecular weight excluding hydrogens is 438 g/mol. The van der Waals surface area contributed by atoms with E-state index in [0.29, 0.717) is 22.6 Å². The average molecular weight is 454 g/mol. The van der Waals surface area contributed by atoms with Gasteiger partial charge in [0.25, 0.3) is 5.69 Å². The molecule has 1 aromatic heterocycles. The lowest BCUT2D eigenvalue weighted by molar-refractivity contribution is -0.384. The molecule has 0 radical (unpaired) electrons. The molecule has 168 valence electrons. The third-order valence-electron chi connectivity index (χ3n) is 4.79. The van der Waals surface area contributed by atoms with Gasteiger partial charge in [-0.05, 0) is 24.3 Å². The summed E-state index contributed by atoms with van der Waals surface area (Å²) in [5.41, 5.74) is 1.13. The third-order valence-corrected chi connectivity index (χ3v) is 4.79. The van der Waals surface area contributed by atoms with Crippen molar-refractivity contribution in [2.24, 2.45) is 0 Å². The minimum absolute atomic E-state index is 0.0562. The molecule has 4 aromatic rings. The van der Waals surface area contributed by atoms with Crippen LogP contribution >= 0.6 is 0 Å². The highest BCUT2D eigenvalue weighted by molar-refractivity contribution is 6.09. The van der Waals surface area contributed by atoms with E-state index in [1.54, 1.807) is 12.1 Å². The number of anilines is 1. The molecule has 0 fully saturated rings. The number of carbonyl (C=O) groups excluding carboxylic acids is 1. The number of carbonyl (C=O) groups is 1. The largest absolute Gasteiger partial charge is 0.495 e. The van der Waals surface area contributed by atoms with E-state index >= 15 is 0 Å². The Balaban J connectivity index is 1.63. The first-order valence-electron chi connectivity index (χ1n) is 9.57. The number of alkyl halides is 2. The Morgan fingerprint density at radius 2 is 1.88 bits per heavy atom. The van der Waals surface area contributed by atoms with Gasteiger partial charge < -0.3 is 19.2 Å². The van der Waals surface area contributed by atoms with Crippen molar-refractivity contribution in [1.29, 1.82) is 0 Å². The van der Waals surface area contributed by atoms with Crippen molar-refractivity contribution in [3.05, 3.63) is 76.4 Å². The van der Waals surface area contributed by atoms with Crippen LogP contribution in [0.2, 0.25) is 0 Å². The van der Waals surface area contributed by atoms with Gasteiger partial charge in [0.15, 0.2) is 0 Å². The lowest BCUT2D eigenvalue weighted by Crippen LogP contribution is -2.09. The molecule has 8 nitrogen and oxygen atoms in total. The zero-order chi connectivity index (χ0) is 23.5. The summed E-state index contributed by atoms with van der Waals surface area (Å²) in [5.74, 6) is -0.549. The number of amides is 1. The van der Waals surface area contributed by atoms with Crippen LogP contribution in [0.25, 0.3) is 28.0 Å². The molecule has 10 heteroatoms. The zero-order valence-electron chi connectivity index (χ0n) is 17.1. The van der Waals surface area contributed by atoms with Crippen molar-refractivity contribution in [2.75, 3.05) is 12.4 Å². The number of furan rings is 1. The second-order valence-corrected chi connectivity index (χ2v) is 6.83. The number of non-ortho nitro benzene ring substituents is 1. The summed E-state index contributed by atoms with van der Waals surface area (Å²) >= 11 is 0. The molecule has 0 atom stereocenters. The minimum atomic E-state index is -3.13. The summed E-state index contributed by atoms with van der Waals surface area (Å²) in [7, 11) is 1.45. The molecule has 1 amide bonds. The smallest absolute Gasteiger partial charge is 0.387 e. The molecule has 0 bridgehead atoms. The number of hydrogen-bond acceptors (Lipinski definition) is 6. The Morgan fingerprint density at radius 1 is 1.09 bits per heavy atom. The van der Waals surface area contributed by atoms with Crippen molar-refractivity contribution >= 4 is 45.3 Å². The van der Waals surface area contributed by atoms with Gasteiger partial charge in [-0.3, -0.25) is 14.9 Å². The van der Waals surface area contributed by atoms with Crippen LogP contribution in [-0.2, 0) is 4.79 Å². The lowest BCUT2D eigenvalue weighted by Gasteiger charge is -2.09.